The van der Waals surface area contributed by atoms with Gasteiger partial charge in [-0.1, -0.05) is 0 Å². The van der Waals surface area contributed by atoms with Gasteiger partial charge in [-0.25, -0.2) is 0 Å². The minimum Gasteiger partial charge on any atom is -0.474 e. The molecule has 3 rings (SSSR count). The quantitative estimate of drug-likeness (QED) is 0.799. The number of fused-ring (bicyclic) bond motifs is 1. The van der Waals surface area contributed by atoms with E-state index in [4.69, 9.17) is 10.5 Å². The van der Waals surface area contributed by atoms with Gasteiger partial charge in [-0.3, -0.25) is 5.10 Å². The second-order valence-electron chi connectivity index (χ2n) is 4.64. The highest BCUT2D eigenvalue weighted by atomic mass is 16.5. The molecule has 2 aromatic heterocycles. The van der Waals surface area contributed by atoms with Crippen molar-refractivity contribution in [2.45, 2.75) is 18.9 Å². The molecule has 0 bridgehead atoms. The van der Waals surface area contributed by atoms with Crippen LogP contribution in [0.4, 0.5) is 5.95 Å². The molecule has 1 aliphatic rings. The van der Waals surface area contributed by atoms with Crippen LogP contribution in [0.5, 0.6) is 5.88 Å². The lowest BCUT2D eigenvalue weighted by Crippen LogP contribution is -2.35. The van der Waals surface area contributed by atoms with Crippen molar-refractivity contribution in [1.29, 1.82) is 0 Å². The fraction of sp³-hybridized carbons (Fsp3) is 0.545. The largest absolute Gasteiger partial charge is 0.474 e. The Bertz CT molecular complexity index is 545. The van der Waals surface area contributed by atoms with Gasteiger partial charge in [0.2, 0.25) is 11.8 Å². The predicted molar refractivity (Wildman–Crippen MR) is 67.2 cm³/mol. The molecule has 1 fully saturated rings. The molecule has 7 nitrogen and oxygen atoms in total. The number of nitrogen functional groups attached to an aromatic ring is 1. The lowest BCUT2D eigenvalue weighted by atomic mass is 10.1. The summed E-state index contributed by atoms with van der Waals surface area (Å²) in [6, 6.07) is 0. The summed E-state index contributed by atoms with van der Waals surface area (Å²) in [6.07, 6.45) is 3.85. The number of hydrogen-bond donors (Lipinski definition) is 2. The van der Waals surface area contributed by atoms with Crippen LogP contribution in [0.1, 0.15) is 12.8 Å². The van der Waals surface area contributed by atoms with Crippen LogP contribution in [0.15, 0.2) is 6.20 Å². The van der Waals surface area contributed by atoms with E-state index in [9.17, 15) is 0 Å². The molecule has 1 aliphatic heterocycles. The Hall–Kier alpha value is -1.89. The summed E-state index contributed by atoms with van der Waals surface area (Å²) in [7, 11) is 2.12. The Morgan fingerprint density at radius 1 is 1.39 bits per heavy atom. The average molecular weight is 248 g/mol. The van der Waals surface area contributed by atoms with E-state index in [1.807, 2.05) is 0 Å². The van der Waals surface area contributed by atoms with E-state index in [1.54, 1.807) is 6.20 Å². The number of nitrogens with zero attached hydrogens (tertiary/aromatic N) is 4. The summed E-state index contributed by atoms with van der Waals surface area (Å²) in [5.41, 5.74) is 6.27. The molecule has 3 N–H and O–H groups in total. The minimum absolute atomic E-state index is 0.189. The number of likely N-dealkylation sites (tertiary alicyclic amines) is 1. The van der Waals surface area contributed by atoms with E-state index in [0.717, 1.165) is 31.3 Å². The minimum atomic E-state index is 0.189. The van der Waals surface area contributed by atoms with Crippen molar-refractivity contribution in [1.82, 2.24) is 25.1 Å². The van der Waals surface area contributed by atoms with Crippen molar-refractivity contribution in [2.24, 2.45) is 0 Å². The lowest BCUT2D eigenvalue weighted by molar-refractivity contribution is 0.111. The molecule has 7 heteroatoms. The molecule has 0 aromatic carbocycles. The lowest BCUT2D eigenvalue weighted by Gasteiger charge is -2.28. The summed E-state index contributed by atoms with van der Waals surface area (Å²) in [6.45, 7) is 2.08. The van der Waals surface area contributed by atoms with Crippen molar-refractivity contribution in [3.8, 4) is 5.88 Å². The van der Waals surface area contributed by atoms with Crippen molar-refractivity contribution >= 4 is 17.0 Å². The zero-order chi connectivity index (χ0) is 12.5. The molecular formula is C11H16N6O. The summed E-state index contributed by atoms with van der Waals surface area (Å²) in [5.74, 6) is 0.732. The molecular weight excluding hydrogens is 232 g/mol. The van der Waals surface area contributed by atoms with Gasteiger partial charge >= 0.3 is 0 Å². The number of rotatable bonds is 2. The maximum Gasteiger partial charge on any atom is 0.229 e. The van der Waals surface area contributed by atoms with E-state index in [-0.39, 0.29) is 12.1 Å². The van der Waals surface area contributed by atoms with Gasteiger partial charge < -0.3 is 15.4 Å². The average Bonchev–Trinajstić information content (AvgIpc) is 2.80. The first kappa shape index (κ1) is 11.2. The van der Waals surface area contributed by atoms with Crippen LogP contribution in [0, 0.1) is 0 Å². The van der Waals surface area contributed by atoms with Crippen LogP contribution in [-0.2, 0) is 0 Å². The summed E-state index contributed by atoms with van der Waals surface area (Å²) in [4.78, 5) is 10.5. The smallest absolute Gasteiger partial charge is 0.229 e. The fourth-order valence-electron chi connectivity index (χ4n) is 2.18. The van der Waals surface area contributed by atoms with Gasteiger partial charge in [0.25, 0.3) is 0 Å². The molecule has 0 aliphatic carbocycles. The highest BCUT2D eigenvalue weighted by molar-refractivity contribution is 5.80. The Balaban J connectivity index is 1.83. The third kappa shape index (κ3) is 2.08. The zero-order valence-corrected chi connectivity index (χ0v) is 10.3. The third-order valence-electron chi connectivity index (χ3n) is 3.24. The predicted octanol–water partition coefficient (Wildman–Crippen LogP) is 0.408. The zero-order valence-electron chi connectivity index (χ0n) is 10.3. The molecule has 18 heavy (non-hydrogen) atoms. The summed E-state index contributed by atoms with van der Waals surface area (Å²) >= 11 is 0. The van der Waals surface area contributed by atoms with Gasteiger partial charge in [0.15, 0.2) is 5.65 Å². The van der Waals surface area contributed by atoms with Crippen molar-refractivity contribution < 1.29 is 4.74 Å². The number of H-pyrrole nitrogens is 1. The maximum absolute atomic E-state index is 5.94. The second kappa shape index (κ2) is 4.41. The molecule has 0 atom stereocenters. The number of piperidine rings is 1. The van der Waals surface area contributed by atoms with E-state index in [2.05, 4.69) is 32.1 Å². The summed E-state index contributed by atoms with van der Waals surface area (Å²) < 4.78 is 5.94. The number of hydrogen-bond acceptors (Lipinski definition) is 6. The second-order valence-corrected chi connectivity index (χ2v) is 4.64. The fourth-order valence-corrected chi connectivity index (χ4v) is 2.18. The van der Waals surface area contributed by atoms with Crippen LogP contribution < -0.4 is 10.5 Å². The SMILES string of the molecule is CN1CCC(Oc2nc(N)nc3[nH]ncc23)CC1. The van der Waals surface area contributed by atoms with Crippen LogP contribution in [0.3, 0.4) is 0 Å². The Morgan fingerprint density at radius 3 is 2.94 bits per heavy atom. The number of anilines is 1. The number of aromatic amines is 1. The van der Waals surface area contributed by atoms with E-state index in [1.165, 1.54) is 0 Å². The van der Waals surface area contributed by atoms with Gasteiger partial charge in [-0.15, -0.1) is 0 Å². The molecule has 2 aromatic rings. The van der Waals surface area contributed by atoms with Gasteiger partial charge in [0.1, 0.15) is 11.5 Å². The summed E-state index contributed by atoms with van der Waals surface area (Å²) in [5, 5.41) is 7.49. The molecule has 0 unspecified atom stereocenters. The Kier molecular flexibility index (Phi) is 2.75. The molecule has 0 spiro atoms. The standard InChI is InChI=1S/C11H16N6O/c1-17-4-2-7(3-5-17)18-10-8-6-13-16-9(8)14-11(12)15-10/h6-7H,2-5H2,1H3,(H3,12,13,14,15,16). The monoisotopic (exact) mass is 248 g/mol. The van der Waals surface area contributed by atoms with Crippen molar-refractivity contribution in [3.63, 3.8) is 0 Å². The number of aromatic nitrogens is 4. The maximum atomic E-state index is 5.94. The molecule has 1 saturated heterocycles. The van der Waals surface area contributed by atoms with Gasteiger partial charge in [-0.05, 0) is 19.9 Å². The topological polar surface area (TPSA) is 93.0 Å². The van der Waals surface area contributed by atoms with Crippen molar-refractivity contribution in [3.05, 3.63) is 6.20 Å². The normalized spacial score (nSPS) is 18.3. The van der Waals surface area contributed by atoms with Crippen LogP contribution in [0.25, 0.3) is 11.0 Å². The van der Waals surface area contributed by atoms with Gasteiger partial charge in [0, 0.05) is 13.1 Å². The molecule has 0 saturated carbocycles. The Morgan fingerprint density at radius 2 is 2.17 bits per heavy atom. The Labute approximate surface area is 104 Å². The number of ether oxygens (including phenoxy) is 1. The molecule has 3 heterocycles. The molecule has 0 amide bonds. The van der Waals surface area contributed by atoms with Crippen LogP contribution in [0.2, 0.25) is 0 Å². The number of nitrogens with two attached hydrogens (primary N) is 1. The van der Waals surface area contributed by atoms with E-state index < -0.39 is 0 Å². The van der Waals surface area contributed by atoms with E-state index in [0.29, 0.717) is 11.5 Å². The molecule has 0 radical (unpaired) electrons. The first-order valence-electron chi connectivity index (χ1n) is 6.04. The molecule has 96 valence electrons. The van der Waals surface area contributed by atoms with Crippen LogP contribution in [-0.4, -0.2) is 51.3 Å². The first-order chi connectivity index (χ1) is 8.72. The third-order valence-corrected chi connectivity index (χ3v) is 3.24. The van der Waals surface area contributed by atoms with E-state index >= 15 is 0 Å². The number of nitrogens with one attached hydrogen (secondary N) is 1. The highest BCUT2D eigenvalue weighted by Gasteiger charge is 2.20. The highest BCUT2D eigenvalue weighted by Crippen LogP contribution is 2.24. The van der Waals surface area contributed by atoms with Crippen LogP contribution >= 0.6 is 0 Å². The van der Waals surface area contributed by atoms with Crippen molar-refractivity contribution in [2.75, 3.05) is 25.9 Å². The first-order valence-corrected chi connectivity index (χ1v) is 6.04. The van der Waals surface area contributed by atoms with Gasteiger partial charge in [-0.2, -0.15) is 15.1 Å². The van der Waals surface area contributed by atoms with Gasteiger partial charge in [0.05, 0.1) is 6.20 Å².